The van der Waals surface area contributed by atoms with Crippen molar-refractivity contribution in [3.8, 4) is 0 Å². The van der Waals surface area contributed by atoms with E-state index in [1.54, 1.807) is 0 Å². The molecule has 1 fully saturated rings. The third-order valence-corrected chi connectivity index (χ3v) is 2.21. The average Bonchev–Trinajstić information content (AvgIpc) is 2.09. The second-order valence-electron chi connectivity index (χ2n) is 3.11. The average molecular weight is 165 g/mol. The van der Waals surface area contributed by atoms with E-state index >= 15 is 0 Å². The first-order valence-corrected chi connectivity index (χ1v) is 4.31. The van der Waals surface area contributed by atoms with Crippen molar-refractivity contribution in [1.29, 1.82) is 0 Å². The lowest BCUT2D eigenvalue weighted by Crippen LogP contribution is -2.34. The Labute approximate surface area is 73.4 Å². The molecular formula is C10H15NO. The molecule has 1 rings (SSSR count). The molecule has 0 aromatic rings. The Kier molecular flexibility index (Phi) is 2.69. The first kappa shape index (κ1) is 9.04. The Morgan fingerprint density at radius 3 is 2.58 bits per heavy atom. The Morgan fingerprint density at radius 1 is 1.42 bits per heavy atom. The zero-order valence-electron chi connectivity index (χ0n) is 7.85. The van der Waals surface area contributed by atoms with Gasteiger partial charge in [0.2, 0.25) is 5.91 Å². The lowest BCUT2D eigenvalue weighted by molar-refractivity contribution is -0.124. The number of carbonyl (C=O) groups excluding carboxylic acids is 1. The van der Waals surface area contributed by atoms with Crippen LogP contribution in [-0.2, 0) is 4.79 Å². The third-order valence-electron chi connectivity index (χ3n) is 2.21. The number of hydrogen-bond donors (Lipinski definition) is 1. The molecule has 1 amide bonds. The fraction of sp³-hybridized carbons (Fsp3) is 0.500. The smallest absolute Gasteiger partial charge is 0.227 e. The van der Waals surface area contributed by atoms with Gasteiger partial charge in [0.25, 0.3) is 0 Å². The minimum Gasteiger partial charge on any atom is -0.326 e. The minimum atomic E-state index is 0.111. The Morgan fingerprint density at radius 2 is 2.08 bits per heavy atom. The Bertz CT molecular complexity index is 251. The molecule has 1 atom stereocenters. The van der Waals surface area contributed by atoms with Crippen molar-refractivity contribution in [1.82, 2.24) is 5.32 Å². The number of nitrogens with one attached hydrogen (secondary N) is 1. The molecule has 0 bridgehead atoms. The highest BCUT2D eigenvalue weighted by molar-refractivity contribution is 5.83. The van der Waals surface area contributed by atoms with Crippen LogP contribution in [-0.4, -0.2) is 5.91 Å². The molecule has 1 aliphatic heterocycles. The van der Waals surface area contributed by atoms with Crippen molar-refractivity contribution in [2.45, 2.75) is 27.2 Å². The molecule has 1 N–H and O–H groups in total. The van der Waals surface area contributed by atoms with Gasteiger partial charge >= 0.3 is 0 Å². The molecule has 2 nitrogen and oxygen atoms in total. The molecule has 0 spiro atoms. The SMILES string of the molecule is C/C=C1/CC(C)C(=O)N/C1=C/C. The highest BCUT2D eigenvalue weighted by atomic mass is 16.1. The van der Waals surface area contributed by atoms with E-state index in [2.05, 4.69) is 11.4 Å². The van der Waals surface area contributed by atoms with Crippen molar-refractivity contribution in [3.05, 3.63) is 23.4 Å². The maximum absolute atomic E-state index is 11.2. The van der Waals surface area contributed by atoms with E-state index in [9.17, 15) is 4.79 Å². The summed E-state index contributed by atoms with van der Waals surface area (Å²) in [6.07, 6.45) is 4.87. The second kappa shape index (κ2) is 3.57. The number of carbonyl (C=O) groups is 1. The van der Waals surface area contributed by atoms with E-state index in [1.165, 1.54) is 5.57 Å². The fourth-order valence-electron chi connectivity index (χ4n) is 1.40. The van der Waals surface area contributed by atoms with E-state index in [0.717, 1.165) is 12.1 Å². The van der Waals surface area contributed by atoms with Crippen LogP contribution in [0.15, 0.2) is 23.4 Å². The summed E-state index contributed by atoms with van der Waals surface area (Å²) in [7, 11) is 0. The molecule has 0 saturated carbocycles. The van der Waals surface area contributed by atoms with Gasteiger partial charge in [-0.2, -0.15) is 0 Å². The molecule has 0 radical (unpaired) electrons. The summed E-state index contributed by atoms with van der Waals surface area (Å²) in [5.74, 6) is 0.244. The van der Waals surface area contributed by atoms with Gasteiger partial charge in [-0.05, 0) is 25.8 Å². The maximum Gasteiger partial charge on any atom is 0.227 e. The van der Waals surface area contributed by atoms with Crippen LogP contribution >= 0.6 is 0 Å². The van der Waals surface area contributed by atoms with Gasteiger partial charge in [0.15, 0.2) is 0 Å². The fourth-order valence-corrected chi connectivity index (χ4v) is 1.40. The number of hydrogen-bond acceptors (Lipinski definition) is 1. The summed E-state index contributed by atoms with van der Waals surface area (Å²) in [5, 5.41) is 2.87. The number of allylic oxidation sites excluding steroid dienone is 3. The molecule has 66 valence electrons. The molecule has 2 heteroatoms. The zero-order chi connectivity index (χ0) is 9.14. The molecule has 12 heavy (non-hydrogen) atoms. The number of rotatable bonds is 0. The van der Waals surface area contributed by atoms with Gasteiger partial charge in [0.1, 0.15) is 0 Å². The monoisotopic (exact) mass is 165 g/mol. The highest BCUT2D eigenvalue weighted by Crippen LogP contribution is 2.22. The van der Waals surface area contributed by atoms with Crippen LogP contribution in [0.25, 0.3) is 0 Å². The van der Waals surface area contributed by atoms with Crippen LogP contribution in [0.3, 0.4) is 0 Å². The van der Waals surface area contributed by atoms with E-state index in [0.29, 0.717) is 0 Å². The van der Waals surface area contributed by atoms with Crippen molar-refractivity contribution in [3.63, 3.8) is 0 Å². The molecule has 1 saturated heterocycles. The Hall–Kier alpha value is -1.05. The number of amides is 1. The maximum atomic E-state index is 11.2. The standard InChI is InChI=1S/C10H15NO/c1-4-8-6-7(3)10(12)11-9(8)5-2/h4-5,7H,6H2,1-3H3,(H,11,12)/b8-4-,9-5+. The van der Waals surface area contributed by atoms with Gasteiger partial charge in [-0.1, -0.05) is 19.1 Å². The lowest BCUT2D eigenvalue weighted by Gasteiger charge is -2.23. The molecule has 1 unspecified atom stereocenters. The highest BCUT2D eigenvalue weighted by Gasteiger charge is 2.22. The van der Waals surface area contributed by atoms with Gasteiger partial charge < -0.3 is 5.32 Å². The van der Waals surface area contributed by atoms with Gasteiger partial charge in [-0.3, -0.25) is 4.79 Å². The number of piperidine rings is 1. The quantitative estimate of drug-likeness (QED) is 0.584. The largest absolute Gasteiger partial charge is 0.326 e. The van der Waals surface area contributed by atoms with Crippen molar-refractivity contribution in [2.75, 3.05) is 0 Å². The summed E-state index contributed by atoms with van der Waals surface area (Å²) in [6, 6.07) is 0. The molecule has 0 aliphatic carbocycles. The van der Waals surface area contributed by atoms with Crippen LogP contribution in [0, 0.1) is 5.92 Å². The minimum absolute atomic E-state index is 0.111. The first-order valence-electron chi connectivity index (χ1n) is 4.31. The third kappa shape index (κ3) is 1.58. The van der Waals surface area contributed by atoms with Crippen LogP contribution in [0.1, 0.15) is 27.2 Å². The van der Waals surface area contributed by atoms with Crippen LogP contribution in [0.5, 0.6) is 0 Å². The van der Waals surface area contributed by atoms with Crippen molar-refractivity contribution >= 4 is 5.91 Å². The molecule has 1 aliphatic rings. The molecule has 1 heterocycles. The van der Waals surface area contributed by atoms with Crippen molar-refractivity contribution < 1.29 is 4.79 Å². The summed E-state index contributed by atoms with van der Waals surface area (Å²) in [5.41, 5.74) is 2.21. The predicted molar refractivity (Wildman–Crippen MR) is 49.4 cm³/mol. The summed E-state index contributed by atoms with van der Waals surface area (Å²) < 4.78 is 0. The van der Waals surface area contributed by atoms with E-state index < -0.39 is 0 Å². The summed E-state index contributed by atoms with van der Waals surface area (Å²) in [6.45, 7) is 5.89. The van der Waals surface area contributed by atoms with Gasteiger partial charge in [-0.25, -0.2) is 0 Å². The summed E-state index contributed by atoms with van der Waals surface area (Å²) in [4.78, 5) is 11.2. The molecule has 0 aromatic heterocycles. The second-order valence-corrected chi connectivity index (χ2v) is 3.11. The van der Waals surface area contributed by atoms with E-state index in [4.69, 9.17) is 0 Å². The van der Waals surface area contributed by atoms with Gasteiger partial charge in [0.05, 0.1) is 0 Å². The lowest BCUT2D eigenvalue weighted by atomic mass is 9.93. The normalized spacial score (nSPS) is 30.9. The van der Waals surface area contributed by atoms with Crippen molar-refractivity contribution in [2.24, 2.45) is 5.92 Å². The zero-order valence-corrected chi connectivity index (χ0v) is 7.85. The Balaban J connectivity index is 2.86. The van der Waals surface area contributed by atoms with Crippen LogP contribution in [0.2, 0.25) is 0 Å². The summed E-state index contributed by atoms with van der Waals surface area (Å²) >= 11 is 0. The molecule has 0 aromatic carbocycles. The molecular weight excluding hydrogens is 150 g/mol. The topological polar surface area (TPSA) is 29.1 Å². The predicted octanol–water partition coefficient (Wildman–Crippen LogP) is 1.99. The van der Waals surface area contributed by atoms with Crippen LogP contribution < -0.4 is 5.32 Å². The first-order chi connectivity index (χ1) is 5.69. The van der Waals surface area contributed by atoms with E-state index in [-0.39, 0.29) is 11.8 Å². The van der Waals surface area contributed by atoms with Gasteiger partial charge in [-0.15, -0.1) is 0 Å². The van der Waals surface area contributed by atoms with E-state index in [1.807, 2.05) is 26.8 Å². The van der Waals surface area contributed by atoms with Gasteiger partial charge in [0, 0.05) is 11.6 Å². The van der Waals surface area contributed by atoms with Crippen LogP contribution in [0.4, 0.5) is 0 Å².